The molecule has 4 aliphatic carbocycles. The topological polar surface area (TPSA) is 92.5 Å². The Morgan fingerprint density at radius 2 is 1.77 bits per heavy atom. The summed E-state index contributed by atoms with van der Waals surface area (Å²) in [5, 5.41) is 7.07. The van der Waals surface area contributed by atoms with Gasteiger partial charge in [0.1, 0.15) is 16.6 Å². The monoisotopic (exact) mass is 435 g/mol. The third-order valence-corrected chi connectivity index (χ3v) is 10.6. The van der Waals surface area contributed by atoms with Crippen molar-refractivity contribution in [3.63, 3.8) is 0 Å². The van der Waals surface area contributed by atoms with Crippen LogP contribution in [0.5, 0.6) is 0 Å². The van der Waals surface area contributed by atoms with Crippen molar-refractivity contribution in [2.75, 3.05) is 6.54 Å². The number of carbonyl (C=O) groups excluding carboxylic acids is 1. The Morgan fingerprint density at radius 3 is 2.30 bits per heavy atom. The minimum Gasteiger partial charge on any atom is -0.360 e. The quantitative estimate of drug-likeness (QED) is 0.767. The van der Waals surface area contributed by atoms with Crippen molar-refractivity contribution in [3.8, 4) is 0 Å². The predicted octanol–water partition coefficient (Wildman–Crippen LogP) is 3.17. The van der Waals surface area contributed by atoms with Gasteiger partial charge in [-0.25, -0.2) is 8.42 Å². The van der Waals surface area contributed by atoms with E-state index in [4.69, 9.17) is 4.52 Å². The van der Waals surface area contributed by atoms with Gasteiger partial charge in [-0.3, -0.25) is 4.79 Å². The lowest BCUT2D eigenvalue weighted by atomic mass is 9.48. The van der Waals surface area contributed by atoms with E-state index in [0.29, 0.717) is 25.1 Å². The molecule has 30 heavy (non-hydrogen) atoms. The average Bonchev–Trinajstić information content (AvgIpc) is 3.28. The second kappa shape index (κ2) is 7.05. The number of amides is 1. The minimum absolute atomic E-state index is 0.0858. The first kappa shape index (κ1) is 20.5. The zero-order valence-corrected chi connectivity index (χ0v) is 19.0. The molecular formula is C22H33N3O4S. The SMILES string of the molecule is Cc1noc(C)c1S(=O)(=O)N1CCC[C@H]1C(=O)N[C@@H](C)C12CC3CC(CC(C3)C1)C2. The fourth-order valence-corrected chi connectivity index (χ4v) is 9.37. The van der Waals surface area contributed by atoms with Crippen molar-refractivity contribution in [2.45, 2.75) is 89.1 Å². The molecule has 0 radical (unpaired) electrons. The number of aromatic nitrogens is 1. The number of nitrogens with one attached hydrogen (secondary N) is 1. The van der Waals surface area contributed by atoms with Crippen LogP contribution >= 0.6 is 0 Å². The Morgan fingerprint density at radius 1 is 1.17 bits per heavy atom. The second-order valence-electron chi connectivity index (χ2n) is 10.4. The highest BCUT2D eigenvalue weighted by Gasteiger charge is 2.54. The molecule has 4 saturated carbocycles. The molecular weight excluding hydrogens is 402 g/mol. The number of aryl methyl sites for hydroxylation is 2. The molecule has 1 saturated heterocycles. The molecule has 1 N–H and O–H groups in total. The molecule has 5 fully saturated rings. The molecule has 7 nitrogen and oxygen atoms in total. The summed E-state index contributed by atoms with van der Waals surface area (Å²) >= 11 is 0. The first-order chi connectivity index (χ1) is 14.2. The summed E-state index contributed by atoms with van der Waals surface area (Å²) in [6.45, 7) is 5.74. The lowest BCUT2D eigenvalue weighted by Gasteiger charge is -2.59. The van der Waals surface area contributed by atoms with E-state index in [1.54, 1.807) is 13.8 Å². The van der Waals surface area contributed by atoms with Gasteiger partial charge in [-0.2, -0.15) is 4.31 Å². The zero-order valence-electron chi connectivity index (χ0n) is 18.2. The van der Waals surface area contributed by atoms with Crippen molar-refractivity contribution in [2.24, 2.45) is 23.2 Å². The molecule has 0 aromatic carbocycles. The maximum atomic E-state index is 13.3. The lowest BCUT2D eigenvalue weighted by Crippen LogP contribution is -2.58. The van der Waals surface area contributed by atoms with E-state index >= 15 is 0 Å². The fourth-order valence-electron chi connectivity index (χ4n) is 7.42. The highest BCUT2D eigenvalue weighted by molar-refractivity contribution is 7.89. The van der Waals surface area contributed by atoms with E-state index < -0.39 is 16.1 Å². The van der Waals surface area contributed by atoms with Crippen LogP contribution in [0.1, 0.15) is 69.7 Å². The first-order valence-corrected chi connectivity index (χ1v) is 12.9. The summed E-state index contributed by atoms with van der Waals surface area (Å²) in [4.78, 5) is 13.4. The first-order valence-electron chi connectivity index (χ1n) is 11.4. The molecule has 166 valence electrons. The largest absolute Gasteiger partial charge is 0.360 e. The van der Waals surface area contributed by atoms with Gasteiger partial charge in [0.15, 0.2) is 5.76 Å². The number of nitrogens with zero attached hydrogens (tertiary/aromatic N) is 2. The van der Waals surface area contributed by atoms with Crippen LogP contribution in [0.3, 0.4) is 0 Å². The Hall–Kier alpha value is -1.41. The van der Waals surface area contributed by atoms with Crippen LogP contribution < -0.4 is 5.32 Å². The minimum atomic E-state index is -3.82. The summed E-state index contributed by atoms with van der Waals surface area (Å²) in [7, 11) is -3.82. The number of carbonyl (C=O) groups is 1. The second-order valence-corrected chi connectivity index (χ2v) is 12.3. The smallest absolute Gasteiger partial charge is 0.249 e. The number of sulfonamides is 1. The molecule has 2 heterocycles. The molecule has 0 spiro atoms. The maximum Gasteiger partial charge on any atom is 0.249 e. The van der Waals surface area contributed by atoms with Crippen LogP contribution in [0.15, 0.2) is 9.42 Å². The van der Waals surface area contributed by atoms with Crippen LogP contribution in [0.4, 0.5) is 0 Å². The van der Waals surface area contributed by atoms with E-state index in [2.05, 4.69) is 17.4 Å². The third kappa shape index (κ3) is 3.13. The highest BCUT2D eigenvalue weighted by Crippen LogP contribution is 2.61. The van der Waals surface area contributed by atoms with Crippen LogP contribution in [-0.2, 0) is 14.8 Å². The van der Waals surface area contributed by atoms with Crippen molar-refractivity contribution >= 4 is 15.9 Å². The van der Waals surface area contributed by atoms with Crippen molar-refractivity contribution < 1.29 is 17.7 Å². The lowest BCUT2D eigenvalue weighted by molar-refractivity contribution is -0.128. The zero-order chi connectivity index (χ0) is 21.3. The van der Waals surface area contributed by atoms with Crippen LogP contribution in [0.25, 0.3) is 0 Å². The van der Waals surface area contributed by atoms with E-state index in [1.165, 1.54) is 42.8 Å². The summed E-state index contributed by atoms with van der Waals surface area (Å²) < 4.78 is 33.1. The van der Waals surface area contributed by atoms with Gasteiger partial charge in [0, 0.05) is 12.6 Å². The standard InChI is InChI=1S/C22H33N3O4S/c1-13-20(14(2)29-24-13)30(27,28)25-6-4-5-19(25)21(26)23-15(3)22-10-16-7-17(11-22)9-18(8-16)12-22/h15-19H,4-12H2,1-3H3,(H,23,26)/t15-,16?,17?,18?,19-,22?/m0/s1. The predicted molar refractivity (Wildman–Crippen MR) is 111 cm³/mol. The van der Waals surface area contributed by atoms with Crippen LogP contribution in [-0.4, -0.2) is 42.4 Å². The number of hydrogen-bond donors (Lipinski definition) is 1. The molecule has 8 heteroatoms. The van der Waals surface area contributed by atoms with Crippen LogP contribution in [0, 0.1) is 37.0 Å². The van der Waals surface area contributed by atoms with Gasteiger partial charge < -0.3 is 9.84 Å². The van der Waals surface area contributed by atoms with Gasteiger partial charge in [-0.05, 0) is 95.3 Å². The van der Waals surface area contributed by atoms with E-state index in [0.717, 1.165) is 17.8 Å². The molecule has 1 aromatic heterocycles. The van der Waals surface area contributed by atoms with Gasteiger partial charge >= 0.3 is 0 Å². The molecule has 0 unspecified atom stereocenters. The highest BCUT2D eigenvalue weighted by atomic mass is 32.2. The summed E-state index contributed by atoms with van der Waals surface area (Å²) in [6, 6.07) is -0.567. The normalized spacial score (nSPS) is 36.9. The fraction of sp³-hybridized carbons (Fsp3) is 0.818. The summed E-state index contributed by atoms with van der Waals surface area (Å²) in [6.07, 6.45) is 8.99. The summed E-state index contributed by atoms with van der Waals surface area (Å²) in [5.41, 5.74) is 0.550. The molecule has 6 rings (SSSR count). The molecule has 2 atom stereocenters. The van der Waals surface area contributed by atoms with Gasteiger partial charge in [-0.15, -0.1) is 0 Å². The van der Waals surface area contributed by atoms with Gasteiger partial charge in [-0.1, -0.05) is 5.16 Å². The number of hydrogen-bond acceptors (Lipinski definition) is 5. The van der Waals surface area contributed by atoms with Crippen LogP contribution in [0.2, 0.25) is 0 Å². The molecule has 1 amide bonds. The van der Waals surface area contributed by atoms with Crippen molar-refractivity contribution in [3.05, 3.63) is 11.5 Å². The Balaban J connectivity index is 1.34. The molecule has 1 aromatic rings. The Bertz CT molecular complexity index is 899. The van der Waals surface area contributed by atoms with Gasteiger partial charge in [0.2, 0.25) is 15.9 Å². The van der Waals surface area contributed by atoms with Gasteiger partial charge in [0.25, 0.3) is 0 Å². The maximum absolute atomic E-state index is 13.3. The average molecular weight is 436 g/mol. The Kier molecular flexibility index (Phi) is 4.82. The summed E-state index contributed by atoms with van der Waals surface area (Å²) in [5.74, 6) is 2.59. The van der Waals surface area contributed by atoms with Gasteiger partial charge in [0.05, 0.1) is 0 Å². The van der Waals surface area contributed by atoms with Crippen molar-refractivity contribution in [1.29, 1.82) is 0 Å². The number of rotatable bonds is 5. The van der Waals surface area contributed by atoms with E-state index in [1.807, 2.05) is 0 Å². The Labute approximate surface area is 179 Å². The molecule has 5 aliphatic rings. The molecule has 4 bridgehead atoms. The molecule has 1 aliphatic heterocycles. The van der Waals surface area contributed by atoms with E-state index in [9.17, 15) is 13.2 Å². The van der Waals surface area contributed by atoms with E-state index in [-0.39, 0.29) is 28.0 Å². The third-order valence-electron chi connectivity index (χ3n) is 8.40. The van der Waals surface area contributed by atoms with Crippen molar-refractivity contribution in [1.82, 2.24) is 14.8 Å².